The minimum atomic E-state index is -0.358. The Morgan fingerprint density at radius 3 is 2.48 bits per heavy atom. The number of hydrogen-bond acceptors (Lipinski definition) is 4. The molecule has 0 fully saturated rings. The van der Waals surface area contributed by atoms with E-state index >= 15 is 0 Å². The van der Waals surface area contributed by atoms with E-state index in [0.717, 1.165) is 5.56 Å². The number of amides is 1. The fraction of sp³-hybridized carbons (Fsp3) is 0.562. The third-order valence-corrected chi connectivity index (χ3v) is 3.72. The molecule has 0 saturated carbocycles. The minimum absolute atomic E-state index is 0.00285. The Balaban J connectivity index is 2.69. The molecule has 0 heterocycles. The molecular formula is C16H25NO3S. The van der Waals surface area contributed by atoms with Crippen LogP contribution in [0.1, 0.15) is 12.5 Å². The summed E-state index contributed by atoms with van der Waals surface area (Å²) in [5.41, 5.74) is 1.11. The maximum Gasteiger partial charge on any atom is 0.236 e. The average Bonchev–Trinajstić information content (AvgIpc) is 2.48. The van der Waals surface area contributed by atoms with Crippen molar-refractivity contribution in [1.82, 2.24) is 4.90 Å². The van der Waals surface area contributed by atoms with Crippen LogP contribution in [0.5, 0.6) is 0 Å². The van der Waals surface area contributed by atoms with Gasteiger partial charge in [0.2, 0.25) is 5.91 Å². The highest BCUT2D eigenvalue weighted by Crippen LogP contribution is 2.13. The fourth-order valence-corrected chi connectivity index (χ4v) is 2.54. The molecule has 0 aliphatic heterocycles. The number of nitrogens with zero attached hydrogens (tertiary/aromatic N) is 1. The van der Waals surface area contributed by atoms with Gasteiger partial charge in [0.15, 0.2) is 0 Å². The molecule has 2 unspecified atom stereocenters. The SMILES string of the molecule is COCCN(C(=O)C(S)Cc1ccccc1)C(C)COC. The first-order chi connectivity index (χ1) is 10.1. The second-order valence-electron chi connectivity index (χ2n) is 5.03. The van der Waals surface area contributed by atoms with E-state index in [9.17, 15) is 4.79 Å². The molecule has 0 radical (unpaired) electrons. The molecule has 0 bridgehead atoms. The van der Waals surface area contributed by atoms with Crippen LogP contribution in [0, 0.1) is 0 Å². The van der Waals surface area contributed by atoms with Gasteiger partial charge in [0.1, 0.15) is 0 Å². The summed E-state index contributed by atoms with van der Waals surface area (Å²) in [4.78, 5) is 14.4. The van der Waals surface area contributed by atoms with E-state index < -0.39 is 0 Å². The number of methoxy groups -OCH3 is 2. The third-order valence-electron chi connectivity index (χ3n) is 3.32. The standard InChI is InChI=1S/C16H25NO3S/c1-13(12-20-3)17(9-10-19-2)16(18)15(21)11-14-7-5-4-6-8-14/h4-8,13,15,21H,9-12H2,1-3H3. The van der Waals surface area contributed by atoms with Crippen molar-refractivity contribution in [1.29, 1.82) is 0 Å². The van der Waals surface area contributed by atoms with Gasteiger partial charge < -0.3 is 14.4 Å². The lowest BCUT2D eigenvalue weighted by atomic mass is 10.1. The van der Waals surface area contributed by atoms with Gasteiger partial charge >= 0.3 is 0 Å². The van der Waals surface area contributed by atoms with Crippen molar-refractivity contribution in [2.75, 3.05) is 34.0 Å². The van der Waals surface area contributed by atoms with Gasteiger partial charge in [0.25, 0.3) is 0 Å². The lowest BCUT2D eigenvalue weighted by molar-refractivity contribution is -0.134. The maximum absolute atomic E-state index is 12.6. The van der Waals surface area contributed by atoms with Gasteiger partial charge in [0.05, 0.1) is 24.5 Å². The topological polar surface area (TPSA) is 38.8 Å². The van der Waals surface area contributed by atoms with Crippen LogP contribution in [-0.4, -0.2) is 56.1 Å². The predicted octanol–water partition coefficient (Wildman–Crippen LogP) is 2.04. The second-order valence-corrected chi connectivity index (χ2v) is 5.66. The molecule has 0 aromatic heterocycles. The van der Waals surface area contributed by atoms with Crippen LogP contribution in [0.15, 0.2) is 30.3 Å². The van der Waals surface area contributed by atoms with E-state index in [1.807, 2.05) is 37.3 Å². The van der Waals surface area contributed by atoms with Crippen LogP contribution in [0.4, 0.5) is 0 Å². The van der Waals surface area contributed by atoms with Crippen molar-refractivity contribution < 1.29 is 14.3 Å². The van der Waals surface area contributed by atoms with Crippen LogP contribution in [0.3, 0.4) is 0 Å². The molecule has 21 heavy (non-hydrogen) atoms. The second kappa shape index (κ2) is 9.82. The zero-order chi connectivity index (χ0) is 15.7. The van der Waals surface area contributed by atoms with Gasteiger partial charge in [-0.15, -0.1) is 0 Å². The van der Waals surface area contributed by atoms with E-state index in [1.54, 1.807) is 19.1 Å². The van der Waals surface area contributed by atoms with E-state index in [2.05, 4.69) is 12.6 Å². The largest absolute Gasteiger partial charge is 0.383 e. The number of carbonyl (C=O) groups excluding carboxylic acids is 1. The zero-order valence-corrected chi connectivity index (χ0v) is 13.9. The molecule has 4 nitrogen and oxygen atoms in total. The van der Waals surface area contributed by atoms with Gasteiger partial charge in [0, 0.05) is 20.8 Å². The van der Waals surface area contributed by atoms with Crippen molar-refractivity contribution in [2.24, 2.45) is 0 Å². The van der Waals surface area contributed by atoms with Crippen LogP contribution in [-0.2, 0) is 20.7 Å². The number of thiol groups is 1. The van der Waals surface area contributed by atoms with Crippen molar-refractivity contribution in [3.63, 3.8) is 0 Å². The molecule has 1 aromatic rings. The molecule has 0 N–H and O–H groups in total. The average molecular weight is 311 g/mol. The summed E-state index contributed by atoms with van der Waals surface area (Å²) in [5.74, 6) is 0.0174. The summed E-state index contributed by atoms with van der Waals surface area (Å²) < 4.78 is 10.2. The van der Waals surface area contributed by atoms with Crippen LogP contribution in [0.25, 0.3) is 0 Å². The summed E-state index contributed by atoms with van der Waals surface area (Å²) in [7, 11) is 3.27. The summed E-state index contributed by atoms with van der Waals surface area (Å²) in [5, 5.41) is -0.358. The molecule has 5 heteroatoms. The molecule has 118 valence electrons. The van der Waals surface area contributed by atoms with E-state index in [0.29, 0.717) is 26.2 Å². The number of hydrogen-bond donors (Lipinski definition) is 1. The smallest absolute Gasteiger partial charge is 0.236 e. The number of ether oxygens (including phenoxy) is 2. The molecule has 0 saturated heterocycles. The van der Waals surface area contributed by atoms with E-state index in [4.69, 9.17) is 9.47 Å². The first-order valence-corrected chi connectivity index (χ1v) is 7.62. The third kappa shape index (κ3) is 6.08. The van der Waals surface area contributed by atoms with Crippen molar-refractivity contribution in [3.8, 4) is 0 Å². The van der Waals surface area contributed by atoms with Gasteiger partial charge in [-0.1, -0.05) is 30.3 Å². The monoisotopic (exact) mass is 311 g/mol. The first kappa shape index (κ1) is 18.0. The Kier molecular flexibility index (Phi) is 8.42. The Hall–Kier alpha value is -1.04. The maximum atomic E-state index is 12.6. The Morgan fingerprint density at radius 1 is 1.24 bits per heavy atom. The molecule has 0 aliphatic rings. The summed E-state index contributed by atoms with van der Waals surface area (Å²) in [6, 6.07) is 9.92. The van der Waals surface area contributed by atoms with E-state index in [1.165, 1.54) is 0 Å². The molecule has 1 rings (SSSR count). The lowest BCUT2D eigenvalue weighted by Gasteiger charge is -2.30. The van der Waals surface area contributed by atoms with Crippen molar-refractivity contribution in [2.45, 2.75) is 24.6 Å². The highest BCUT2D eigenvalue weighted by molar-refractivity contribution is 7.81. The fourth-order valence-electron chi connectivity index (χ4n) is 2.18. The Labute approximate surface area is 132 Å². The van der Waals surface area contributed by atoms with Gasteiger partial charge in [-0.25, -0.2) is 0 Å². The van der Waals surface area contributed by atoms with Crippen LogP contribution < -0.4 is 0 Å². The van der Waals surface area contributed by atoms with Crippen molar-refractivity contribution in [3.05, 3.63) is 35.9 Å². The first-order valence-electron chi connectivity index (χ1n) is 7.10. The predicted molar refractivity (Wildman–Crippen MR) is 87.8 cm³/mol. The van der Waals surface area contributed by atoms with Crippen LogP contribution in [0.2, 0.25) is 0 Å². The quantitative estimate of drug-likeness (QED) is 0.709. The lowest BCUT2D eigenvalue weighted by Crippen LogP contribution is -2.46. The van der Waals surface area contributed by atoms with E-state index in [-0.39, 0.29) is 17.2 Å². The van der Waals surface area contributed by atoms with Crippen LogP contribution >= 0.6 is 12.6 Å². The number of carbonyl (C=O) groups is 1. The Morgan fingerprint density at radius 2 is 1.90 bits per heavy atom. The molecule has 0 spiro atoms. The molecule has 0 aliphatic carbocycles. The number of benzene rings is 1. The highest BCUT2D eigenvalue weighted by Gasteiger charge is 2.25. The normalized spacial score (nSPS) is 13.7. The summed E-state index contributed by atoms with van der Waals surface area (Å²) >= 11 is 4.49. The van der Waals surface area contributed by atoms with Crippen molar-refractivity contribution >= 4 is 18.5 Å². The highest BCUT2D eigenvalue weighted by atomic mass is 32.1. The molecular weight excluding hydrogens is 286 g/mol. The van der Waals surface area contributed by atoms with Gasteiger partial charge in [-0.2, -0.15) is 12.6 Å². The number of rotatable bonds is 9. The summed E-state index contributed by atoms with van der Waals surface area (Å²) in [6.45, 7) is 3.53. The Bertz CT molecular complexity index is 413. The molecule has 1 amide bonds. The van der Waals surface area contributed by atoms with Gasteiger partial charge in [-0.3, -0.25) is 4.79 Å². The molecule has 2 atom stereocenters. The van der Waals surface area contributed by atoms with Gasteiger partial charge in [-0.05, 0) is 18.9 Å². The molecule has 1 aromatic carbocycles. The zero-order valence-electron chi connectivity index (χ0n) is 13.0. The minimum Gasteiger partial charge on any atom is -0.383 e. The summed E-state index contributed by atoms with van der Waals surface area (Å²) in [6.07, 6.45) is 0.617.